The molecule has 31 heavy (non-hydrogen) atoms. The highest BCUT2D eigenvalue weighted by atomic mass is 16.6. The van der Waals surface area contributed by atoms with Gasteiger partial charge in [0.05, 0.1) is 0 Å². The van der Waals surface area contributed by atoms with E-state index >= 15 is 0 Å². The van der Waals surface area contributed by atoms with Gasteiger partial charge in [0.15, 0.2) is 30.4 Å². The van der Waals surface area contributed by atoms with Gasteiger partial charge in [-0.3, -0.25) is 28.8 Å². The molecular formula is C19H25NO11. The van der Waals surface area contributed by atoms with Crippen LogP contribution in [0.3, 0.4) is 0 Å². The lowest BCUT2D eigenvalue weighted by Crippen LogP contribution is -2.61. The van der Waals surface area contributed by atoms with Crippen LogP contribution in [0.5, 0.6) is 0 Å². The van der Waals surface area contributed by atoms with Gasteiger partial charge in [0.2, 0.25) is 5.91 Å². The molecule has 1 heterocycles. The van der Waals surface area contributed by atoms with Crippen molar-refractivity contribution in [1.82, 2.24) is 5.32 Å². The normalized spacial score (nSPS) is 21.8. The Morgan fingerprint density at radius 1 is 1.00 bits per heavy atom. The van der Waals surface area contributed by atoms with Crippen molar-refractivity contribution in [2.75, 3.05) is 6.61 Å². The van der Waals surface area contributed by atoms with Crippen LogP contribution in [-0.2, 0) is 52.5 Å². The van der Waals surface area contributed by atoms with E-state index in [4.69, 9.17) is 23.7 Å². The van der Waals surface area contributed by atoms with Crippen molar-refractivity contribution in [2.24, 2.45) is 0 Å². The lowest BCUT2D eigenvalue weighted by atomic mass is 9.93. The predicted molar refractivity (Wildman–Crippen MR) is 99.9 cm³/mol. The second-order valence-corrected chi connectivity index (χ2v) is 6.59. The monoisotopic (exact) mass is 443 g/mol. The Morgan fingerprint density at radius 3 is 2.06 bits per heavy atom. The van der Waals surface area contributed by atoms with Crippen molar-refractivity contribution in [3.05, 3.63) is 11.8 Å². The predicted octanol–water partition coefficient (Wildman–Crippen LogP) is -0.669. The van der Waals surface area contributed by atoms with Gasteiger partial charge in [-0.25, -0.2) is 0 Å². The van der Waals surface area contributed by atoms with Crippen molar-refractivity contribution in [2.45, 2.75) is 65.1 Å². The van der Waals surface area contributed by atoms with Crippen LogP contribution in [0.25, 0.3) is 0 Å². The summed E-state index contributed by atoms with van der Waals surface area (Å²) in [6.07, 6.45) is -3.86. The maximum Gasteiger partial charge on any atom is 0.303 e. The third-order valence-electron chi connectivity index (χ3n) is 3.86. The number of allylic oxidation sites excluding steroid dienone is 1. The van der Waals surface area contributed by atoms with Crippen LogP contribution in [0.15, 0.2) is 11.8 Å². The Balaban J connectivity index is 3.48. The minimum Gasteiger partial charge on any atom is -0.481 e. The van der Waals surface area contributed by atoms with Gasteiger partial charge < -0.3 is 29.0 Å². The van der Waals surface area contributed by atoms with E-state index < -0.39 is 66.8 Å². The van der Waals surface area contributed by atoms with E-state index in [1.165, 1.54) is 13.0 Å². The van der Waals surface area contributed by atoms with Crippen LogP contribution >= 0.6 is 0 Å². The molecule has 12 nitrogen and oxygen atoms in total. The smallest absolute Gasteiger partial charge is 0.303 e. The number of hydrogen-bond donors (Lipinski definition) is 1. The SMILES string of the molecule is CC(=O)N[C@H]1C([C@H](OC(C)=O)[C@@H](COC(C)=O)OC(C)=O)OC(C=O)=C[C@H]1OC(C)=O. The van der Waals surface area contributed by atoms with Crippen molar-refractivity contribution in [1.29, 1.82) is 0 Å². The first kappa shape index (κ1) is 25.6. The Bertz CT molecular complexity index is 760. The number of rotatable bonds is 9. The Morgan fingerprint density at radius 2 is 1.61 bits per heavy atom. The van der Waals surface area contributed by atoms with Gasteiger partial charge in [0.1, 0.15) is 18.8 Å². The maximum atomic E-state index is 11.8. The number of carbonyl (C=O) groups is 6. The van der Waals surface area contributed by atoms with Crippen LogP contribution in [0.2, 0.25) is 0 Å². The first-order valence-electron chi connectivity index (χ1n) is 9.20. The summed E-state index contributed by atoms with van der Waals surface area (Å²) in [5.74, 6) is -3.85. The molecule has 5 atom stereocenters. The number of ether oxygens (including phenoxy) is 5. The van der Waals surface area contributed by atoms with E-state index in [0.29, 0.717) is 6.29 Å². The standard InChI is InChI=1S/C19H25NO11/c1-9(22)20-17-15(28-11(3)24)6-14(7-21)31-19(17)18(30-13(5)26)16(29-12(4)25)8-27-10(2)23/h6-7,15-19H,8H2,1-5H3,(H,20,22)/t15-,16-,17-,18-,19?/m1/s1. The second kappa shape index (κ2) is 11.7. The van der Waals surface area contributed by atoms with Crippen molar-refractivity contribution >= 4 is 36.1 Å². The lowest BCUT2D eigenvalue weighted by Gasteiger charge is -2.41. The molecular weight excluding hydrogens is 418 g/mol. The summed E-state index contributed by atoms with van der Waals surface area (Å²) >= 11 is 0. The third-order valence-corrected chi connectivity index (χ3v) is 3.86. The van der Waals surface area contributed by atoms with E-state index in [2.05, 4.69) is 5.32 Å². The molecule has 0 saturated carbocycles. The summed E-state index contributed by atoms with van der Waals surface area (Å²) < 4.78 is 26.1. The van der Waals surface area contributed by atoms with Crippen LogP contribution in [-0.4, -0.2) is 73.1 Å². The molecule has 0 aromatic carbocycles. The summed E-state index contributed by atoms with van der Waals surface area (Å²) in [6, 6.07) is -1.15. The summed E-state index contributed by atoms with van der Waals surface area (Å²) in [6.45, 7) is 5.06. The molecule has 0 saturated heterocycles. The van der Waals surface area contributed by atoms with Crippen molar-refractivity contribution in [3.63, 3.8) is 0 Å². The van der Waals surface area contributed by atoms with Gasteiger partial charge in [0, 0.05) is 40.7 Å². The summed E-state index contributed by atoms with van der Waals surface area (Å²) in [5, 5.41) is 2.52. The van der Waals surface area contributed by atoms with Crippen LogP contribution < -0.4 is 5.32 Å². The van der Waals surface area contributed by atoms with Crippen molar-refractivity contribution < 1.29 is 52.5 Å². The topological polar surface area (TPSA) is 161 Å². The van der Waals surface area contributed by atoms with Crippen LogP contribution in [0, 0.1) is 0 Å². The lowest BCUT2D eigenvalue weighted by molar-refractivity contribution is -0.190. The number of aldehydes is 1. The molecule has 1 aliphatic rings. The number of hydrogen-bond acceptors (Lipinski definition) is 11. The fourth-order valence-electron chi connectivity index (χ4n) is 2.91. The van der Waals surface area contributed by atoms with Gasteiger partial charge in [-0.15, -0.1) is 0 Å². The molecule has 0 aromatic heterocycles. The van der Waals surface area contributed by atoms with E-state index in [9.17, 15) is 28.8 Å². The zero-order valence-electron chi connectivity index (χ0n) is 17.7. The number of carbonyl (C=O) groups excluding carboxylic acids is 6. The van der Waals surface area contributed by atoms with Gasteiger partial charge in [0.25, 0.3) is 0 Å². The van der Waals surface area contributed by atoms with Crippen LogP contribution in [0.1, 0.15) is 34.6 Å². The molecule has 0 aliphatic carbocycles. The summed E-state index contributed by atoms with van der Waals surface area (Å²) in [7, 11) is 0. The second-order valence-electron chi connectivity index (χ2n) is 6.59. The molecule has 172 valence electrons. The Hall–Kier alpha value is -3.44. The highest BCUT2D eigenvalue weighted by Gasteiger charge is 2.48. The average molecular weight is 443 g/mol. The fraction of sp³-hybridized carbons (Fsp3) is 0.579. The minimum absolute atomic E-state index is 0.274. The number of nitrogens with one attached hydrogen (secondary N) is 1. The van der Waals surface area contributed by atoms with Crippen molar-refractivity contribution in [3.8, 4) is 0 Å². The molecule has 12 heteroatoms. The number of esters is 4. The molecule has 0 fully saturated rings. The average Bonchev–Trinajstić information content (AvgIpc) is 2.63. The van der Waals surface area contributed by atoms with Gasteiger partial charge in [-0.1, -0.05) is 0 Å². The maximum absolute atomic E-state index is 11.8. The molecule has 0 spiro atoms. The van der Waals surface area contributed by atoms with Gasteiger partial charge in [-0.05, 0) is 0 Å². The largest absolute Gasteiger partial charge is 0.481 e. The number of amides is 1. The highest BCUT2D eigenvalue weighted by Crippen LogP contribution is 2.27. The summed E-state index contributed by atoms with van der Waals surface area (Å²) in [4.78, 5) is 69.4. The molecule has 1 aliphatic heterocycles. The van der Waals surface area contributed by atoms with E-state index in [0.717, 1.165) is 27.7 Å². The molecule has 1 N–H and O–H groups in total. The minimum atomic E-state index is -1.46. The van der Waals surface area contributed by atoms with E-state index in [1.807, 2.05) is 0 Å². The molecule has 1 unspecified atom stereocenters. The Kier molecular flexibility index (Phi) is 9.64. The Labute approximate surface area is 178 Å². The first-order valence-corrected chi connectivity index (χ1v) is 9.20. The molecule has 0 aromatic rings. The first-order chi connectivity index (χ1) is 14.4. The summed E-state index contributed by atoms with van der Waals surface area (Å²) in [5.41, 5.74) is 0. The zero-order valence-corrected chi connectivity index (χ0v) is 17.7. The van der Waals surface area contributed by atoms with Gasteiger partial charge in [-0.2, -0.15) is 0 Å². The molecule has 0 bridgehead atoms. The van der Waals surface area contributed by atoms with Crippen LogP contribution in [0.4, 0.5) is 0 Å². The third kappa shape index (κ3) is 8.44. The molecule has 1 rings (SSSR count). The molecule has 0 radical (unpaired) electrons. The zero-order chi connectivity index (χ0) is 23.7. The van der Waals surface area contributed by atoms with Gasteiger partial charge >= 0.3 is 23.9 Å². The molecule has 1 amide bonds. The van der Waals surface area contributed by atoms with E-state index in [-0.39, 0.29) is 5.76 Å². The van der Waals surface area contributed by atoms with E-state index in [1.54, 1.807) is 0 Å². The quantitative estimate of drug-likeness (QED) is 0.273. The highest BCUT2D eigenvalue weighted by molar-refractivity contribution is 5.75. The fourth-order valence-corrected chi connectivity index (χ4v) is 2.91.